The molecule has 1 aromatic heterocycles. The summed E-state index contributed by atoms with van der Waals surface area (Å²) in [4.78, 5) is 3.87. The fourth-order valence-corrected chi connectivity index (χ4v) is 7.58. The van der Waals surface area contributed by atoms with Crippen LogP contribution >= 0.6 is 23.1 Å². The number of benzene rings is 4. The van der Waals surface area contributed by atoms with Crippen LogP contribution in [0.1, 0.15) is 69.4 Å². The van der Waals surface area contributed by atoms with Crippen molar-refractivity contribution in [1.82, 2.24) is 0 Å². The maximum absolute atomic E-state index is 2.39. The van der Waals surface area contributed by atoms with Crippen LogP contribution in [0.25, 0.3) is 37.1 Å². The van der Waals surface area contributed by atoms with Gasteiger partial charge in [-0.2, -0.15) is 0 Å². The van der Waals surface area contributed by atoms with E-state index in [9.17, 15) is 0 Å². The lowest BCUT2D eigenvalue weighted by Crippen LogP contribution is -2.11. The number of hydrogen-bond acceptors (Lipinski definition) is 1. The molecule has 0 N–H and O–H groups in total. The summed E-state index contributed by atoms with van der Waals surface area (Å²) in [6, 6.07) is 37.8. The zero-order valence-corrected chi connectivity index (χ0v) is 27.6. The molecule has 0 spiro atoms. The first-order chi connectivity index (χ1) is 20.6. The van der Waals surface area contributed by atoms with Crippen LogP contribution in [0.5, 0.6) is 0 Å². The van der Waals surface area contributed by atoms with Crippen LogP contribution in [0.2, 0.25) is 0 Å². The number of fused-ring (bicyclic) bond motifs is 2. The monoisotopic (exact) mass is 595 g/mol. The maximum atomic E-state index is 2.39. The Balaban J connectivity index is 1.49. The van der Waals surface area contributed by atoms with E-state index in [0.29, 0.717) is 0 Å². The van der Waals surface area contributed by atoms with E-state index in [1.54, 1.807) is 0 Å². The molecule has 0 aliphatic carbocycles. The Morgan fingerprint density at radius 1 is 0.651 bits per heavy atom. The molecule has 0 nitrogen and oxygen atoms in total. The summed E-state index contributed by atoms with van der Waals surface area (Å²) in [5, 5.41) is 1.31. The zero-order chi connectivity index (χ0) is 30.2. The van der Waals surface area contributed by atoms with Crippen LogP contribution in [0.3, 0.4) is 0 Å². The lowest BCUT2D eigenvalue weighted by Gasteiger charge is -2.24. The lowest BCUT2D eigenvalue weighted by molar-refractivity contribution is 0.589. The van der Waals surface area contributed by atoms with Crippen molar-refractivity contribution in [1.29, 1.82) is 0 Å². The summed E-state index contributed by atoms with van der Waals surface area (Å²) in [7, 11) is 0. The third-order valence-corrected chi connectivity index (χ3v) is 10.3. The van der Waals surface area contributed by atoms with E-state index < -0.39 is 0 Å². The Morgan fingerprint density at radius 2 is 1.28 bits per heavy atom. The Labute approximate surface area is 265 Å². The van der Waals surface area contributed by atoms with Crippen molar-refractivity contribution in [3.8, 4) is 10.4 Å². The van der Waals surface area contributed by atoms with Crippen molar-refractivity contribution in [2.24, 2.45) is 0 Å². The lowest BCUT2D eigenvalue weighted by atomic mass is 9.85. The van der Waals surface area contributed by atoms with Gasteiger partial charge in [-0.15, -0.1) is 0 Å². The van der Waals surface area contributed by atoms with Crippen LogP contribution < -0.4 is 0 Å². The van der Waals surface area contributed by atoms with Crippen LogP contribution in [-0.4, -0.2) is 0 Å². The van der Waals surface area contributed by atoms with Gasteiger partial charge in [0.05, 0.1) is 0 Å². The van der Waals surface area contributed by atoms with E-state index in [1.807, 2.05) is 23.1 Å². The molecule has 0 unspecified atom stereocenters. The van der Waals surface area contributed by atoms with Crippen molar-refractivity contribution in [2.75, 3.05) is 0 Å². The highest BCUT2D eigenvalue weighted by molar-refractivity contribution is 8.08. The Kier molecular flexibility index (Phi) is 8.02. The quantitative estimate of drug-likeness (QED) is 0.186. The summed E-state index contributed by atoms with van der Waals surface area (Å²) >= 11 is 3.73. The normalized spacial score (nSPS) is 14.7. The molecule has 6 rings (SSSR count). The third kappa shape index (κ3) is 6.47. The van der Waals surface area contributed by atoms with E-state index in [1.165, 1.54) is 63.7 Å². The molecule has 214 valence electrons. The van der Waals surface area contributed by atoms with Gasteiger partial charge in [-0.05, 0) is 80.6 Å². The molecular weight excluding hydrogens is 557 g/mol. The van der Waals surface area contributed by atoms with Gasteiger partial charge in [-0.1, -0.05) is 132 Å². The zero-order valence-electron chi connectivity index (χ0n) is 25.9. The first kappa shape index (κ1) is 29.4. The molecule has 2 heteroatoms. The van der Waals surface area contributed by atoms with Crippen molar-refractivity contribution >= 4 is 49.7 Å². The second kappa shape index (κ2) is 11.8. The molecule has 2 heterocycles. The van der Waals surface area contributed by atoms with Crippen LogP contribution in [0.15, 0.2) is 126 Å². The number of thioether (sulfide) groups is 1. The molecule has 0 fully saturated rings. The van der Waals surface area contributed by atoms with Gasteiger partial charge in [0, 0.05) is 32.9 Å². The van der Waals surface area contributed by atoms with Crippen LogP contribution in [0, 0.1) is 0 Å². The van der Waals surface area contributed by atoms with Gasteiger partial charge in [0.15, 0.2) is 0 Å². The highest BCUT2D eigenvalue weighted by Gasteiger charge is 2.22. The van der Waals surface area contributed by atoms with E-state index in [0.717, 1.165) is 0 Å². The van der Waals surface area contributed by atoms with Crippen molar-refractivity contribution in [3.05, 3.63) is 149 Å². The highest BCUT2D eigenvalue weighted by Crippen LogP contribution is 2.46. The second-order valence-corrected chi connectivity index (χ2v) is 15.5. The summed E-state index contributed by atoms with van der Waals surface area (Å²) in [5.74, 6) is 0. The molecule has 0 amide bonds. The molecule has 0 saturated heterocycles. The minimum atomic E-state index is 0.0901. The predicted molar refractivity (Wildman–Crippen MR) is 193 cm³/mol. The second-order valence-electron chi connectivity index (χ2n) is 13.3. The predicted octanol–water partition coefficient (Wildman–Crippen LogP) is 12.7. The minimum absolute atomic E-state index is 0.0901. The van der Waals surface area contributed by atoms with E-state index in [-0.39, 0.29) is 10.8 Å². The van der Waals surface area contributed by atoms with Crippen LogP contribution in [0.4, 0.5) is 0 Å². The Morgan fingerprint density at radius 3 is 1.95 bits per heavy atom. The van der Waals surface area contributed by atoms with Crippen molar-refractivity contribution in [2.45, 2.75) is 57.3 Å². The molecule has 4 aromatic carbocycles. The number of allylic oxidation sites excluding steroid dienone is 4. The van der Waals surface area contributed by atoms with E-state index in [2.05, 4.69) is 169 Å². The molecule has 0 atom stereocenters. The van der Waals surface area contributed by atoms with E-state index in [4.69, 9.17) is 0 Å². The van der Waals surface area contributed by atoms with Gasteiger partial charge in [0.2, 0.25) is 20.9 Å². The molecule has 0 radical (unpaired) electrons. The molecular formula is C41H39S2+. The topological polar surface area (TPSA) is 0 Å². The van der Waals surface area contributed by atoms with Gasteiger partial charge in [-0.25, -0.2) is 0 Å². The molecule has 43 heavy (non-hydrogen) atoms. The van der Waals surface area contributed by atoms with Gasteiger partial charge in [0.1, 0.15) is 0 Å². The smallest absolute Gasteiger partial charge is 0.0888 e. The van der Waals surface area contributed by atoms with Gasteiger partial charge >= 0.3 is 0 Å². The maximum Gasteiger partial charge on any atom is 0.239 e. The first-order valence-electron chi connectivity index (χ1n) is 15.0. The summed E-state index contributed by atoms with van der Waals surface area (Å²) in [6.07, 6.45) is 9.20. The first-order valence-corrected chi connectivity index (χ1v) is 16.6. The minimum Gasteiger partial charge on any atom is -0.0888 e. The fourth-order valence-electron chi connectivity index (χ4n) is 5.38. The van der Waals surface area contributed by atoms with E-state index >= 15 is 0 Å². The molecule has 0 bridgehead atoms. The largest absolute Gasteiger partial charge is 0.239 e. The van der Waals surface area contributed by atoms with Gasteiger partial charge in [0.25, 0.3) is 0 Å². The third-order valence-electron chi connectivity index (χ3n) is 7.99. The average molecular weight is 596 g/mol. The van der Waals surface area contributed by atoms with Crippen molar-refractivity contribution < 1.29 is 0 Å². The van der Waals surface area contributed by atoms with Gasteiger partial charge < -0.3 is 0 Å². The summed E-state index contributed by atoms with van der Waals surface area (Å²) in [6.45, 7) is 13.7. The molecule has 5 aromatic rings. The van der Waals surface area contributed by atoms with Gasteiger partial charge in [-0.3, -0.25) is 0 Å². The Hall–Kier alpha value is -3.72. The molecule has 1 aliphatic heterocycles. The molecule has 1 aliphatic rings. The Bertz CT molecular complexity index is 1880. The van der Waals surface area contributed by atoms with Crippen molar-refractivity contribution in [3.63, 3.8) is 0 Å². The van der Waals surface area contributed by atoms with Crippen LogP contribution in [-0.2, 0) is 10.8 Å². The highest BCUT2D eigenvalue weighted by atomic mass is 32.2. The summed E-state index contributed by atoms with van der Waals surface area (Å²) in [5.41, 5.74) is 9.21. The number of rotatable bonds is 4. The molecule has 0 saturated carbocycles. The fraction of sp³-hybridized carbons (Fsp3) is 0.195. The summed E-state index contributed by atoms with van der Waals surface area (Å²) < 4.78 is 1.31. The number of hydrogen-bond donors (Lipinski definition) is 0. The SMILES string of the molecule is CC(C)(C)c1ccc2c(c1)/C(=C/C=C/c1cc(-c3ccccc3)[s+]c3ccc(C(C)(C)C)cc13)C=C(c1ccccc1)S2. The standard InChI is InChI=1S/C41H39S2/c1-40(2,3)32-20-22-36-34(26-32)30(24-38(42-36)28-14-9-7-10-15-28)18-13-19-31-25-39(29-16-11-8-12-17-29)43-37-23-21-33(27-35(31)37)41(4,5)6/h7-27H,1-6H3/q+1. The average Bonchev–Trinajstić information content (AvgIpc) is 3.00.